The van der Waals surface area contributed by atoms with Crippen LogP contribution in [0.5, 0.6) is 5.75 Å². The lowest BCUT2D eigenvalue weighted by Gasteiger charge is -2.19. The Kier molecular flexibility index (Phi) is 7.79. The van der Waals surface area contributed by atoms with Gasteiger partial charge in [-0.3, -0.25) is 9.59 Å². The number of rotatable bonds is 9. The number of benzene rings is 2. The van der Waals surface area contributed by atoms with Crippen LogP contribution in [0.2, 0.25) is 0 Å². The van der Waals surface area contributed by atoms with Gasteiger partial charge in [0.2, 0.25) is 11.8 Å². The SMILES string of the molecule is CC(C)CC(=O)NC(C(=O)NCCOc1cccc(F)c1)c1ccccc1. The van der Waals surface area contributed by atoms with E-state index in [1.165, 1.54) is 12.1 Å². The molecule has 0 bridgehead atoms. The molecular formula is C21H25FN2O3. The Bertz CT molecular complexity index is 750. The van der Waals surface area contributed by atoms with Gasteiger partial charge in [0.15, 0.2) is 0 Å². The minimum Gasteiger partial charge on any atom is -0.492 e. The summed E-state index contributed by atoms with van der Waals surface area (Å²) in [6.07, 6.45) is 0.347. The zero-order chi connectivity index (χ0) is 19.6. The van der Waals surface area contributed by atoms with Crippen molar-refractivity contribution < 1.29 is 18.7 Å². The second kappa shape index (κ2) is 10.3. The fourth-order valence-electron chi connectivity index (χ4n) is 2.54. The predicted octanol–water partition coefficient (Wildman–Crippen LogP) is 3.22. The van der Waals surface area contributed by atoms with Gasteiger partial charge in [-0.25, -0.2) is 4.39 Å². The van der Waals surface area contributed by atoms with E-state index in [1.807, 2.05) is 32.0 Å². The van der Waals surface area contributed by atoms with E-state index in [2.05, 4.69) is 10.6 Å². The smallest absolute Gasteiger partial charge is 0.247 e. The molecule has 6 heteroatoms. The first kappa shape index (κ1) is 20.4. The second-order valence-electron chi connectivity index (χ2n) is 6.61. The first-order chi connectivity index (χ1) is 13.0. The summed E-state index contributed by atoms with van der Waals surface area (Å²) in [5, 5.41) is 5.54. The lowest BCUT2D eigenvalue weighted by Crippen LogP contribution is -2.41. The van der Waals surface area contributed by atoms with Crippen molar-refractivity contribution in [1.82, 2.24) is 10.6 Å². The summed E-state index contributed by atoms with van der Waals surface area (Å²) < 4.78 is 18.5. The summed E-state index contributed by atoms with van der Waals surface area (Å²) in [5.41, 5.74) is 0.707. The van der Waals surface area contributed by atoms with Crippen molar-refractivity contribution in [1.29, 1.82) is 0 Å². The maximum absolute atomic E-state index is 13.1. The number of nitrogens with one attached hydrogen (secondary N) is 2. The Balaban J connectivity index is 1.91. The molecule has 27 heavy (non-hydrogen) atoms. The molecule has 5 nitrogen and oxygen atoms in total. The van der Waals surface area contributed by atoms with Gasteiger partial charge in [-0.1, -0.05) is 50.2 Å². The molecule has 0 aromatic heterocycles. The minimum absolute atomic E-state index is 0.176. The molecular weight excluding hydrogens is 347 g/mol. The summed E-state index contributed by atoms with van der Waals surface area (Å²) >= 11 is 0. The predicted molar refractivity (Wildman–Crippen MR) is 102 cm³/mol. The number of amides is 2. The number of ether oxygens (including phenoxy) is 1. The molecule has 0 saturated heterocycles. The van der Waals surface area contributed by atoms with Crippen molar-refractivity contribution in [3.63, 3.8) is 0 Å². The number of hydrogen-bond acceptors (Lipinski definition) is 3. The zero-order valence-corrected chi connectivity index (χ0v) is 15.6. The first-order valence-electron chi connectivity index (χ1n) is 8.96. The van der Waals surface area contributed by atoms with Crippen molar-refractivity contribution in [2.75, 3.05) is 13.2 Å². The van der Waals surface area contributed by atoms with Crippen LogP contribution >= 0.6 is 0 Å². The Morgan fingerprint density at radius 3 is 2.48 bits per heavy atom. The molecule has 0 aliphatic carbocycles. The molecule has 2 N–H and O–H groups in total. The molecule has 144 valence electrons. The van der Waals surface area contributed by atoms with Crippen LogP contribution in [-0.4, -0.2) is 25.0 Å². The Morgan fingerprint density at radius 1 is 1.07 bits per heavy atom. The minimum atomic E-state index is -0.772. The van der Waals surface area contributed by atoms with E-state index in [0.29, 0.717) is 17.7 Å². The van der Waals surface area contributed by atoms with Crippen LogP contribution < -0.4 is 15.4 Å². The maximum atomic E-state index is 13.1. The third-order valence-electron chi connectivity index (χ3n) is 3.76. The number of halogens is 1. The van der Waals surface area contributed by atoms with Crippen LogP contribution in [0.4, 0.5) is 4.39 Å². The third kappa shape index (κ3) is 7.09. The van der Waals surface area contributed by atoms with E-state index in [1.54, 1.807) is 24.3 Å². The van der Waals surface area contributed by atoms with Gasteiger partial charge >= 0.3 is 0 Å². The van der Waals surface area contributed by atoms with E-state index < -0.39 is 6.04 Å². The quantitative estimate of drug-likeness (QED) is 0.664. The van der Waals surface area contributed by atoms with Crippen LogP contribution in [-0.2, 0) is 9.59 Å². The summed E-state index contributed by atoms with van der Waals surface area (Å²) in [7, 11) is 0. The van der Waals surface area contributed by atoms with Crippen LogP contribution in [0.25, 0.3) is 0 Å². The van der Waals surface area contributed by atoms with Crippen molar-refractivity contribution >= 4 is 11.8 Å². The average Bonchev–Trinajstić information content (AvgIpc) is 2.63. The molecule has 0 heterocycles. The molecule has 1 unspecified atom stereocenters. The monoisotopic (exact) mass is 372 g/mol. The maximum Gasteiger partial charge on any atom is 0.247 e. The lowest BCUT2D eigenvalue weighted by molar-refractivity contribution is -0.129. The van der Waals surface area contributed by atoms with Crippen LogP contribution in [0.1, 0.15) is 31.9 Å². The van der Waals surface area contributed by atoms with Crippen molar-refractivity contribution in [3.8, 4) is 5.75 Å². The molecule has 0 spiro atoms. The summed E-state index contributed by atoms with van der Waals surface area (Å²) in [4.78, 5) is 24.7. The van der Waals surface area contributed by atoms with Crippen molar-refractivity contribution in [2.45, 2.75) is 26.3 Å². The highest BCUT2D eigenvalue weighted by molar-refractivity contribution is 5.88. The van der Waals surface area contributed by atoms with Gasteiger partial charge in [-0.2, -0.15) is 0 Å². The number of hydrogen-bond donors (Lipinski definition) is 2. The highest BCUT2D eigenvalue weighted by Gasteiger charge is 2.22. The number of carbonyl (C=O) groups is 2. The van der Waals surface area contributed by atoms with Gasteiger partial charge in [-0.05, 0) is 23.6 Å². The van der Waals surface area contributed by atoms with Crippen molar-refractivity contribution in [3.05, 3.63) is 66.0 Å². The molecule has 2 amide bonds. The second-order valence-corrected chi connectivity index (χ2v) is 6.61. The largest absolute Gasteiger partial charge is 0.492 e. The van der Waals surface area contributed by atoms with Gasteiger partial charge in [0, 0.05) is 12.5 Å². The van der Waals surface area contributed by atoms with E-state index in [4.69, 9.17) is 4.74 Å². The van der Waals surface area contributed by atoms with Gasteiger partial charge in [0.1, 0.15) is 24.2 Å². The summed E-state index contributed by atoms with van der Waals surface area (Å²) in [6.45, 7) is 4.32. The Labute approximate surface area is 158 Å². The normalized spacial score (nSPS) is 11.7. The van der Waals surface area contributed by atoms with E-state index in [9.17, 15) is 14.0 Å². The van der Waals surface area contributed by atoms with E-state index in [-0.39, 0.29) is 36.7 Å². The number of carbonyl (C=O) groups excluding carboxylic acids is 2. The summed E-state index contributed by atoms with van der Waals surface area (Å²) in [5.74, 6) is -0.280. The lowest BCUT2D eigenvalue weighted by atomic mass is 10.0. The fourth-order valence-corrected chi connectivity index (χ4v) is 2.54. The Morgan fingerprint density at radius 2 is 1.81 bits per heavy atom. The van der Waals surface area contributed by atoms with Crippen LogP contribution in [0.15, 0.2) is 54.6 Å². The molecule has 0 fully saturated rings. The van der Waals surface area contributed by atoms with Gasteiger partial charge in [-0.15, -0.1) is 0 Å². The van der Waals surface area contributed by atoms with Crippen molar-refractivity contribution in [2.24, 2.45) is 5.92 Å². The molecule has 0 radical (unpaired) electrons. The molecule has 1 atom stereocenters. The van der Waals surface area contributed by atoms with E-state index in [0.717, 1.165) is 0 Å². The zero-order valence-electron chi connectivity index (χ0n) is 15.6. The topological polar surface area (TPSA) is 67.4 Å². The molecule has 2 rings (SSSR count). The third-order valence-corrected chi connectivity index (χ3v) is 3.76. The van der Waals surface area contributed by atoms with E-state index >= 15 is 0 Å². The highest BCUT2D eigenvalue weighted by Crippen LogP contribution is 2.14. The highest BCUT2D eigenvalue weighted by atomic mass is 19.1. The first-order valence-corrected chi connectivity index (χ1v) is 8.96. The molecule has 2 aromatic rings. The standard InChI is InChI=1S/C21H25FN2O3/c1-15(2)13-19(25)24-20(16-7-4-3-5-8-16)21(26)23-11-12-27-18-10-6-9-17(22)14-18/h3-10,14-15,20H,11-13H2,1-2H3,(H,23,26)(H,24,25). The molecule has 0 aliphatic rings. The van der Waals surface area contributed by atoms with Crippen LogP contribution in [0, 0.1) is 11.7 Å². The molecule has 0 aliphatic heterocycles. The van der Waals surface area contributed by atoms with Gasteiger partial charge < -0.3 is 15.4 Å². The molecule has 0 saturated carbocycles. The summed E-state index contributed by atoms with van der Waals surface area (Å²) in [6, 6.07) is 14.1. The Hall–Kier alpha value is -2.89. The van der Waals surface area contributed by atoms with Crippen LogP contribution in [0.3, 0.4) is 0 Å². The van der Waals surface area contributed by atoms with Gasteiger partial charge in [0.25, 0.3) is 0 Å². The molecule has 2 aromatic carbocycles. The van der Waals surface area contributed by atoms with Gasteiger partial charge in [0.05, 0.1) is 6.54 Å². The fraction of sp³-hybridized carbons (Fsp3) is 0.333. The average molecular weight is 372 g/mol.